The number of nitrogens with two attached hydrogens (primary N) is 1. The quantitative estimate of drug-likeness (QED) is 0.412. The fraction of sp³-hybridized carbons (Fsp3) is 0.909. The molecule has 7 nitrogen and oxygen atoms in total. The SMILES string of the molecule is CC(=O)N[C@@](CCCCB1OC(C)(C)C(C)(C)O1)(C(=O)NC(C)(C)C)C1CC(N)C1. The molecule has 0 aromatic rings. The molecule has 1 heterocycles. The van der Waals surface area contributed by atoms with Gasteiger partial charge in [-0.1, -0.05) is 12.8 Å². The second-order valence-electron chi connectivity index (χ2n) is 11.2. The van der Waals surface area contributed by atoms with Crippen LogP contribution >= 0.6 is 0 Å². The molecule has 0 bridgehead atoms. The number of hydrogen-bond donors (Lipinski definition) is 3. The van der Waals surface area contributed by atoms with Gasteiger partial charge in [-0.05, 0) is 80.0 Å². The van der Waals surface area contributed by atoms with Crippen LogP contribution in [0.4, 0.5) is 0 Å². The Balaban J connectivity index is 2.05. The van der Waals surface area contributed by atoms with Crippen molar-refractivity contribution in [2.75, 3.05) is 0 Å². The predicted molar refractivity (Wildman–Crippen MR) is 120 cm³/mol. The third-order valence-corrected chi connectivity index (χ3v) is 6.73. The second kappa shape index (κ2) is 8.79. The second-order valence-corrected chi connectivity index (χ2v) is 11.2. The summed E-state index contributed by atoms with van der Waals surface area (Å²) in [5.41, 5.74) is 4.05. The van der Waals surface area contributed by atoms with Gasteiger partial charge in [0.25, 0.3) is 0 Å². The van der Waals surface area contributed by atoms with E-state index in [1.165, 1.54) is 6.92 Å². The molecule has 1 aliphatic carbocycles. The van der Waals surface area contributed by atoms with E-state index in [1.54, 1.807) is 0 Å². The van der Waals surface area contributed by atoms with Crippen molar-refractivity contribution in [2.24, 2.45) is 11.7 Å². The summed E-state index contributed by atoms with van der Waals surface area (Å²) in [6.45, 7) is 15.5. The molecule has 1 saturated heterocycles. The maximum atomic E-state index is 13.4. The average molecular weight is 423 g/mol. The lowest BCUT2D eigenvalue weighted by molar-refractivity contribution is -0.139. The van der Waals surface area contributed by atoms with Gasteiger partial charge >= 0.3 is 7.12 Å². The molecule has 0 aromatic carbocycles. The smallest absolute Gasteiger partial charge is 0.403 e. The van der Waals surface area contributed by atoms with Crippen LogP contribution in [-0.4, -0.2) is 47.3 Å². The maximum absolute atomic E-state index is 13.4. The minimum absolute atomic E-state index is 0.0515. The van der Waals surface area contributed by atoms with Crippen LogP contribution in [-0.2, 0) is 18.9 Å². The third kappa shape index (κ3) is 5.77. The van der Waals surface area contributed by atoms with Crippen molar-refractivity contribution in [1.82, 2.24) is 10.6 Å². The van der Waals surface area contributed by atoms with Gasteiger partial charge in [0.05, 0.1) is 11.2 Å². The third-order valence-electron chi connectivity index (χ3n) is 6.73. The van der Waals surface area contributed by atoms with Gasteiger partial charge in [-0.2, -0.15) is 0 Å². The number of carbonyl (C=O) groups excluding carboxylic acids is 2. The Morgan fingerprint density at radius 3 is 2.00 bits per heavy atom. The van der Waals surface area contributed by atoms with Crippen molar-refractivity contribution >= 4 is 18.9 Å². The monoisotopic (exact) mass is 423 g/mol. The fourth-order valence-electron chi connectivity index (χ4n) is 4.35. The molecule has 1 aliphatic heterocycles. The van der Waals surface area contributed by atoms with Crippen LogP contribution in [0.3, 0.4) is 0 Å². The number of nitrogens with one attached hydrogen (secondary N) is 2. The van der Waals surface area contributed by atoms with E-state index in [9.17, 15) is 9.59 Å². The van der Waals surface area contributed by atoms with Crippen LogP contribution < -0.4 is 16.4 Å². The summed E-state index contributed by atoms with van der Waals surface area (Å²) in [6, 6.07) is 0.0929. The molecule has 0 radical (unpaired) electrons. The van der Waals surface area contributed by atoms with Crippen LogP contribution in [0.15, 0.2) is 0 Å². The molecule has 8 heteroatoms. The molecule has 2 aliphatic rings. The van der Waals surface area contributed by atoms with Crippen LogP contribution in [0.2, 0.25) is 6.32 Å². The zero-order valence-corrected chi connectivity index (χ0v) is 20.2. The molecule has 1 atom stereocenters. The largest absolute Gasteiger partial charge is 0.457 e. The zero-order chi connectivity index (χ0) is 23.0. The highest BCUT2D eigenvalue weighted by atomic mass is 16.7. The Morgan fingerprint density at radius 2 is 1.57 bits per heavy atom. The standard InChI is InChI=1S/C22H42BN3O4/c1-15(27)25-22(16-13-17(24)14-16,18(28)26-19(2,3)4)11-9-10-12-23-29-20(5,6)21(7,8)30-23/h16-17H,9-14,24H2,1-8H3,(H,25,27)(H,26,28)/t16?,17?,22-/m1/s1. The van der Waals surface area contributed by atoms with E-state index in [-0.39, 0.29) is 47.6 Å². The maximum Gasteiger partial charge on any atom is 0.457 e. The number of carbonyl (C=O) groups is 2. The van der Waals surface area contributed by atoms with Gasteiger partial charge in [-0.15, -0.1) is 0 Å². The number of rotatable bonds is 8. The van der Waals surface area contributed by atoms with Gasteiger partial charge < -0.3 is 25.7 Å². The lowest BCUT2D eigenvalue weighted by Crippen LogP contribution is -2.68. The highest BCUT2D eigenvalue weighted by molar-refractivity contribution is 6.45. The minimum Gasteiger partial charge on any atom is -0.403 e. The first kappa shape index (κ1) is 25.1. The zero-order valence-electron chi connectivity index (χ0n) is 20.2. The molecule has 172 valence electrons. The van der Waals surface area contributed by atoms with E-state index in [0.717, 1.165) is 32.0 Å². The van der Waals surface area contributed by atoms with E-state index in [2.05, 4.69) is 10.6 Å². The van der Waals surface area contributed by atoms with Crippen molar-refractivity contribution in [3.05, 3.63) is 0 Å². The van der Waals surface area contributed by atoms with Crippen LogP contribution in [0.5, 0.6) is 0 Å². The first-order valence-corrected chi connectivity index (χ1v) is 11.3. The Bertz CT molecular complexity index is 625. The first-order valence-electron chi connectivity index (χ1n) is 11.3. The molecule has 2 rings (SSSR count). The summed E-state index contributed by atoms with van der Waals surface area (Å²) in [5, 5.41) is 6.11. The van der Waals surface area contributed by atoms with Crippen LogP contribution in [0.25, 0.3) is 0 Å². The van der Waals surface area contributed by atoms with Crippen molar-refractivity contribution in [1.29, 1.82) is 0 Å². The lowest BCUT2D eigenvalue weighted by atomic mass is 9.65. The molecule has 30 heavy (non-hydrogen) atoms. The highest BCUT2D eigenvalue weighted by Crippen LogP contribution is 2.41. The lowest BCUT2D eigenvalue weighted by Gasteiger charge is -2.48. The predicted octanol–water partition coefficient (Wildman–Crippen LogP) is 2.78. The fourth-order valence-corrected chi connectivity index (χ4v) is 4.35. The average Bonchev–Trinajstić information content (AvgIpc) is 2.72. The van der Waals surface area contributed by atoms with Gasteiger partial charge in [0.2, 0.25) is 11.8 Å². The van der Waals surface area contributed by atoms with E-state index in [0.29, 0.717) is 6.42 Å². The van der Waals surface area contributed by atoms with Gasteiger partial charge in [0.15, 0.2) is 0 Å². The van der Waals surface area contributed by atoms with Gasteiger partial charge in [0.1, 0.15) is 5.54 Å². The van der Waals surface area contributed by atoms with Crippen molar-refractivity contribution in [3.8, 4) is 0 Å². The normalized spacial score (nSPS) is 27.2. The van der Waals surface area contributed by atoms with Crippen LogP contribution in [0, 0.1) is 5.92 Å². The minimum atomic E-state index is -0.926. The molecule has 2 fully saturated rings. The molecule has 0 unspecified atom stereocenters. The van der Waals surface area contributed by atoms with E-state index < -0.39 is 5.54 Å². The summed E-state index contributed by atoms with van der Waals surface area (Å²) >= 11 is 0. The van der Waals surface area contributed by atoms with E-state index in [4.69, 9.17) is 15.0 Å². The summed E-state index contributed by atoms with van der Waals surface area (Å²) in [7, 11) is -0.245. The molecular formula is C22H42BN3O4. The Labute approximate surface area is 182 Å². The van der Waals surface area contributed by atoms with Gasteiger partial charge in [0, 0.05) is 18.5 Å². The molecule has 0 aromatic heterocycles. The Hall–Kier alpha value is -1.12. The van der Waals surface area contributed by atoms with Gasteiger partial charge in [-0.3, -0.25) is 9.59 Å². The topological polar surface area (TPSA) is 103 Å². The number of amides is 2. The molecular weight excluding hydrogens is 381 g/mol. The van der Waals surface area contributed by atoms with E-state index in [1.807, 2.05) is 48.5 Å². The van der Waals surface area contributed by atoms with Crippen molar-refractivity contribution in [3.63, 3.8) is 0 Å². The molecule has 1 saturated carbocycles. The van der Waals surface area contributed by atoms with Crippen molar-refractivity contribution in [2.45, 2.75) is 122 Å². The molecule has 0 spiro atoms. The summed E-state index contributed by atoms with van der Waals surface area (Å²) in [4.78, 5) is 25.4. The Morgan fingerprint density at radius 1 is 1.03 bits per heavy atom. The van der Waals surface area contributed by atoms with Gasteiger partial charge in [-0.25, -0.2) is 0 Å². The first-order chi connectivity index (χ1) is 13.6. The van der Waals surface area contributed by atoms with Crippen molar-refractivity contribution < 1.29 is 18.9 Å². The van der Waals surface area contributed by atoms with Crippen LogP contribution in [0.1, 0.15) is 87.5 Å². The summed E-state index contributed by atoms with van der Waals surface area (Å²) in [6.07, 6.45) is 4.46. The Kier molecular flexibility index (Phi) is 7.37. The summed E-state index contributed by atoms with van der Waals surface area (Å²) in [5.74, 6) is -0.251. The number of unbranched alkanes of at least 4 members (excludes halogenated alkanes) is 1. The summed E-state index contributed by atoms with van der Waals surface area (Å²) < 4.78 is 12.2. The highest BCUT2D eigenvalue weighted by Gasteiger charge is 2.52. The van der Waals surface area contributed by atoms with E-state index >= 15 is 0 Å². The number of hydrogen-bond acceptors (Lipinski definition) is 5. The molecule has 4 N–H and O–H groups in total. The molecule has 2 amide bonds.